The first-order chi connectivity index (χ1) is 13.0. The Morgan fingerprint density at radius 2 is 1.81 bits per heavy atom. The Morgan fingerprint density at radius 1 is 1.07 bits per heavy atom. The van der Waals surface area contributed by atoms with Crippen molar-refractivity contribution in [1.82, 2.24) is 10.2 Å². The summed E-state index contributed by atoms with van der Waals surface area (Å²) in [5.41, 5.74) is 1.78. The fourth-order valence-electron chi connectivity index (χ4n) is 4.46. The van der Waals surface area contributed by atoms with Crippen molar-refractivity contribution in [3.63, 3.8) is 0 Å². The summed E-state index contributed by atoms with van der Waals surface area (Å²) in [6, 6.07) is 7.15. The molecule has 5 heteroatoms. The highest BCUT2D eigenvalue weighted by Crippen LogP contribution is 2.54. The molecule has 0 aliphatic heterocycles. The van der Waals surface area contributed by atoms with Gasteiger partial charge in [0.05, 0.1) is 12.7 Å². The van der Waals surface area contributed by atoms with Crippen LogP contribution in [-0.2, 0) is 10.2 Å². The molecule has 0 atom stereocenters. The molecule has 0 amide bonds. The topological polar surface area (TPSA) is 65.2 Å². The largest absolute Gasteiger partial charge is 0.465 e. The first-order valence-electron chi connectivity index (χ1n) is 10.1. The molecule has 2 aromatic rings. The highest BCUT2D eigenvalue weighted by molar-refractivity contribution is 5.90. The van der Waals surface area contributed by atoms with Crippen molar-refractivity contribution in [3.05, 3.63) is 35.7 Å². The van der Waals surface area contributed by atoms with E-state index < -0.39 is 0 Å². The molecule has 1 heterocycles. The van der Waals surface area contributed by atoms with Crippen molar-refractivity contribution in [2.45, 2.75) is 71.1 Å². The lowest BCUT2D eigenvalue weighted by atomic mass is 9.66. The molecule has 146 valence electrons. The van der Waals surface area contributed by atoms with E-state index >= 15 is 0 Å². The molecule has 0 radical (unpaired) electrons. The maximum absolute atomic E-state index is 11.7. The summed E-state index contributed by atoms with van der Waals surface area (Å²) in [4.78, 5) is 11.7. The van der Waals surface area contributed by atoms with Crippen LogP contribution in [0.2, 0.25) is 0 Å². The molecule has 3 aliphatic rings. The van der Waals surface area contributed by atoms with Gasteiger partial charge in [0.15, 0.2) is 0 Å². The minimum Gasteiger partial charge on any atom is -0.465 e. The van der Waals surface area contributed by atoms with Gasteiger partial charge in [-0.3, -0.25) is 0 Å². The summed E-state index contributed by atoms with van der Waals surface area (Å²) in [5, 5.41) is 8.69. The second-order valence-electron chi connectivity index (χ2n) is 7.93. The van der Waals surface area contributed by atoms with E-state index in [0.717, 1.165) is 30.7 Å². The minimum absolute atomic E-state index is 0.0429. The third kappa shape index (κ3) is 3.78. The van der Waals surface area contributed by atoms with Gasteiger partial charge in [0.25, 0.3) is 0 Å². The normalized spacial score (nSPS) is 26.7. The number of fused-ring (bicyclic) bond motifs is 4. The molecule has 0 unspecified atom stereocenters. The van der Waals surface area contributed by atoms with Crippen LogP contribution in [0.5, 0.6) is 0 Å². The smallest absolute Gasteiger partial charge is 0.337 e. The van der Waals surface area contributed by atoms with Crippen LogP contribution in [0.3, 0.4) is 0 Å². The first kappa shape index (κ1) is 19.6. The second-order valence-corrected chi connectivity index (χ2v) is 7.93. The summed E-state index contributed by atoms with van der Waals surface area (Å²) >= 11 is 0. The number of nitrogens with zero attached hydrogens (tertiary/aromatic N) is 2. The lowest BCUT2D eigenvalue weighted by Crippen LogP contribution is -2.32. The van der Waals surface area contributed by atoms with E-state index in [1.807, 2.05) is 19.9 Å². The van der Waals surface area contributed by atoms with Crippen LogP contribution in [0.1, 0.15) is 82.0 Å². The summed E-state index contributed by atoms with van der Waals surface area (Å²) in [5.74, 6) is 0.887. The van der Waals surface area contributed by atoms with Gasteiger partial charge in [-0.15, -0.1) is 10.2 Å². The number of ether oxygens (including phenoxy) is 1. The molecule has 0 spiro atoms. The van der Waals surface area contributed by atoms with Crippen molar-refractivity contribution in [2.24, 2.45) is 5.41 Å². The number of rotatable bonds is 3. The maximum atomic E-state index is 11.7. The summed E-state index contributed by atoms with van der Waals surface area (Å²) < 4.78 is 10.9. The van der Waals surface area contributed by atoms with E-state index in [0.29, 0.717) is 16.9 Å². The highest BCUT2D eigenvalue weighted by Gasteiger charge is 2.47. The Bertz CT molecular complexity index is 788. The van der Waals surface area contributed by atoms with Gasteiger partial charge < -0.3 is 9.15 Å². The molecule has 5 rings (SSSR count). The average molecular weight is 370 g/mol. The molecule has 0 N–H and O–H groups in total. The Kier molecular flexibility index (Phi) is 5.68. The van der Waals surface area contributed by atoms with Gasteiger partial charge in [-0.2, -0.15) is 0 Å². The minimum atomic E-state index is -0.365. The Labute approximate surface area is 161 Å². The molecule has 3 aliphatic carbocycles. The maximum Gasteiger partial charge on any atom is 0.337 e. The van der Waals surface area contributed by atoms with Gasteiger partial charge in [0, 0.05) is 11.0 Å². The zero-order valence-corrected chi connectivity index (χ0v) is 16.9. The quantitative estimate of drug-likeness (QED) is 0.663. The number of benzene rings is 1. The second kappa shape index (κ2) is 7.83. The van der Waals surface area contributed by atoms with Crippen molar-refractivity contribution in [2.75, 3.05) is 7.11 Å². The molecule has 5 nitrogen and oxygen atoms in total. The molecule has 1 aromatic heterocycles. The van der Waals surface area contributed by atoms with Gasteiger partial charge in [-0.1, -0.05) is 33.3 Å². The van der Waals surface area contributed by atoms with Crippen molar-refractivity contribution >= 4 is 5.97 Å². The van der Waals surface area contributed by atoms with E-state index in [1.54, 1.807) is 18.2 Å². The number of methoxy groups -OCH3 is 1. The number of carbonyl (C=O) groups is 1. The Hall–Kier alpha value is -2.17. The van der Waals surface area contributed by atoms with Crippen molar-refractivity contribution in [3.8, 4) is 11.5 Å². The van der Waals surface area contributed by atoms with E-state index in [9.17, 15) is 4.79 Å². The molecule has 1 aromatic carbocycles. The van der Waals surface area contributed by atoms with Gasteiger partial charge in [0.2, 0.25) is 11.8 Å². The first-order valence-corrected chi connectivity index (χ1v) is 10.1. The van der Waals surface area contributed by atoms with Gasteiger partial charge in [0.1, 0.15) is 0 Å². The molecule has 27 heavy (non-hydrogen) atoms. The number of esters is 1. The Balaban J connectivity index is 0.00000102. The number of hydrogen-bond acceptors (Lipinski definition) is 5. The van der Waals surface area contributed by atoms with Crippen LogP contribution in [0.15, 0.2) is 28.7 Å². The average Bonchev–Trinajstić information content (AvgIpc) is 3.08. The predicted octanol–water partition coefficient (Wildman–Crippen LogP) is 5.55. The Morgan fingerprint density at radius 3 is 2.52 bits per heavy atom. The molecule has 3 fully saturated rings. The van der Waals surface area contributed by atoms with Crippen molar-refractivity contribution < 1.29 is 13.9 Å². The van der Waals surface area contributed by atoms with E-state index in [4.69, 9.17) is 9.15 Å². The number of carbonyl (C=O) groups excluding carboxylic acids is 1. The predicted molar refractivity (Wildman–Crippen MR) is 105 cm³/mol. The lowest BCUT2D eigenvalue weighted by Gasteiger charge is -2.38. The van der Waals surface area contributed by atoms with Crippen LogP contribution in [0.4, 0.5) is 0 Å². The SMILES string of the molecule is CC.COC(=O)c1cccc(-c2nnc(C34CCCC(C)(CC3)CC4)o2)c1. The van der Waals surface area contributed by atoms with E-state index in [-0.39, 0.29) is 11.4 Å². The van der Waals surface area contributed by atoms with Crippen molar-refractivity contribution in [1.29, 1.82) is 0 Å². The molecular weight excluding hydrogens is 340 g/mol. The molecule has 3 saturated carbocycles. The van der Waals surface area contributed by atoms with Crippen LogP contribution in [0.25, 0.3) is 11.5 Å². The summed E-state index contributed by atoms with van der Waals surface area (Å²) in [6.07, 6.45) is 8.40. The number of aromatic nitrogens is 2. The molecule has 2 bridgehead atoms. The molecular formula is C22H30N2O3. The summed E-state index contributed by atoms with van der Waals surface area (Å²) in [6.45, 7) is 6.42. The van der Waals surface area contributed by atoms with Gasteiger partial charge >= 0.3 is 5.97 Å². The van der Waals surface area contributed by atoms with Gasteiger partial charge in [-0.25, -0.2) is 4.79 Å². The molecule has 0 saturated heterocycles. The standard InChI is InChI=1S/C20H24N2O3.C2H6/c1-19-7-4-8-20(11-9-19,12-10-19)18-22-21-16(25-18)14-5-3-6-15(13-14)17(23)24-2;1-2/h3,5-6,13H,4,7-12H2,1-2H3;1-2H3. The fraction of sp³-hybridized carbons (Fsp3) is 0.591. The van der Waals surface area contributed by atoms with Crippen LogP contribution < -0.4 is 0 Å². The van der Waals surface area contributed by atoms with E-state index in [1.165, 1.54) is 32.8 Å². The van der Waals surface area contributed by atoms with Gasteiger partial charge in [-0.05, 0) is 62.1 Å². The third-order valence-electron chi connectivity index (χ3n) is 6.26. The zero-order valence-electron chi connectivity index (χ0n) is 16.9. The lowest BCUT2D eigenvalue weighted by molar-refractivity contribution is 0.0601. The van der Waals surface area contributed by atoms with Crippen LogP contribution >= 0.6 is 0 Å². The highest BCUT2D eigenvalue weighted by atomic mass is 16.5. The van der Waals surface area contributed by atoms with Crippen LogP contribution in [0, 0.1) is 5.41 Å². The van der Waals surface area contributed by atoms with E-state index in [2.05, 4.69) is 17.1 Å². The fourth-order valence-corrected chi connectivity index (χ4v) is 4.46. The monoisotopic (exact) mass is 370 g/mol. The number of hydrogen-bond donors (Lipinski definition) is 0. The van der Waals surface area contributed by atoms with Crippen LogP contribution in [-0.4, -0.2) is 23.3 Å². The third-order valence-corrected chi connectivity index (χ3v) is 6.26. The zero-order chi connectivity index (χ0) is 19.5. The summed E-state index contributed by atoms with van der Waals surface area (Å²) in [7, 11) is 1.38.